The van der Waals surface area contributed by atoms with Gasteiger partial charge in [-0.2, -0.15) is 0 Å². The number of Topliss-reactive ketones (excluding diaryl/α,β-unsaturated/α-hetero) is 1. The fourth-order valence-electron chi connectivity index (χ4n) is 3.44. The van der Waals surface area contributed by atoms with E-state index in [1.54, 1.807) is 0 Å². The van der Waals surface area contributed by atoms with Crippen LogP contribution in [0, 0.1) is 5.82 Å². The highest BCUT2D eigenvalue weighted by Gasteiger charge is 2.45. The van der Waals surface area contributed by atoms with E-state index in [9.17, 15) is 27.5 Å². The molecule has 2 aromatic rings. The van der Waals surface area contributed by atoms with Gasteiger partial charge in [-0.15, -0.1) is 0 Å². The number of amides is 1. The van der Waals surface area contributed by atoms with Crippen LogP contribution in [-0.2, 0) is 24.3 Å². The lowest BCUT2D eigenvalue weighted by atomic mass is 9.95. The second-order valence-corrected chi connectivity index (χ2v) is 9.50. The number of nitrogens with zero attached hydrogens (tertiary/aromatic N) is 2. The van der Waals surface area contributed by atoms with Crippen molar-refractivity contribution in [3.05, 3.63) is 71.0 Å². The molecule has 170 valence electrons. The number of ether oxygens (including phenoxy) is 1. The number of rotatable bonds is 7. The number of benzene rings is 2. The highest BCUT2D eigenvalue weighted by Crippen LogP contribution is 2.39. The maximum atomic E-state index is 13.5. The van der Waals surface area contributed by atoms with Gasteiger partial charge in [0.25, 0.3) is 11.7 Å². The molecule has 0 bridgehead atoms. The van der Waals surface area contributed by atoms with Gasteiger partial charge >= 0.3 is 0 Å². The first-order valence-electron chi connectivity index (χ1n) is 9.65. The van der Waals surface area contributed by atoms with Crippen LogP contribution in [0.15, 0.2) is 59.0 Å². The molecule has 3 rings (SSSR count). The van der Waals surface area contributed by atoms with E-state index in [2.05, 4.69) is 0 Å². The van der Waals surface area contributed by atoms with E-state index in [1.165, 1.54) is 74.6 Å². The number of aliphatic hydroxyl groups is 1. The first kappa shape index (κ1) is 23.6. The zero-order valence-corrected chi connectivity index (χ0v) is 18.6. The summed E-state index contributed by atoms with van der Waals surface area (Å²) in [4.78, 5) is 26.8. The Morgan fingerprint density at radius 3 is 2.22 bits per heavy atom. The fraction of sp³-hybridized carbons (Fsp3) is 0.273. The molecule has 1 aliphatic rings. The standard InChI is InChI=1S/C22H23FN2O6S/c1-24(2)32(29,30)17-10-6-15(7-11-17)20(26)18-19(14-4-8-16(23)9-5-14)25(12-13-31-3)22(28)21(18)27/h4-11,19,26H,12-13H2,1-3H3. The number of sulfonamides is 1. The molecule has 1 heterocycles. The number of likely N-dealkylation sites (tertiary alicyclic amines) is 1. The number of ketones is 1. The van der Waals surface area contributed by atoms with Gasteiger partial charge in [-0.05, 0) is 42.0 Å². The molecule has 1 atom stereocenters. The van der Waals surface area contributed by atoms with Crippen molar-refractivity contribution in [2.24, 2.45) is 0 Å². The Kier molecular flexibility index (Phi) is 6.77. The van der Waals surface area contributed by atoms with Crippen molar-refractivity contribution in [3.63, 3.8) is 0 Å². The summed E-state index contributed by atoms with van der Waals surface area (Å²) in [6.45, 7) is 0.238. The predicted octanol–water partition coefficient (Wildman–Crippen LogP) is 2.14. The lowest BCUT2D eigenvalue weighted by molar-refractivity contribution is -0.140. The van der Waals surface area contributed by atoms with Crippen LogP contribution in [-0.4, -0.2) is 68.8 Å². The van der Waals surface area contributed by atoms with E-state index in [1.807, 2.05) is 0 Å². The number of halogens is 1. The molecular weight excluding hydrogens is 439 g/mol. The van der Waals surface area contributed by atoms with Crippen LogP contribution >= 0.6 is 0 Å². The Bertz CT molecular complexity index is 1160. The number of hydrogen-bond donors (Lipinski definition) is 1. The molecule has 32 heavy (non-hydrogen) atoms. The first-order valence-corrected chi connectivity index (χ1v) is 11.1. The average Bonchev–Trinajstić information content (AvgIpc) is 3.02. The molecule has 0 radical (unpaired) electrons. The van der Waals surface area contributed by atoms with Gasteiger partial charge in [-0.1, -0.05) is 12.1 Å². The summed E-state index contributed by atoms with van der Waals surface area (Å²) in [5.74, 6) is -2.64. The van der Waals surface area contributed by atoms with E-state index in [0.717, 1.165) is 4.31 Å². The minimum absolute atomic E-state index is 0.00896. The van der Waals surface area contributed by atoms with E-state index in [0.29, 0.717) is 5.56 Å². The molecule has 8 nitrogen and oxygen atoms in total. The van der Waals surface area contributed by atoms with E-state index < -0.39 is 39.3 Å². The fourth-order valence-corrected chi connectivity index (χ4v) is 4.34. The summed E-state index contributed by atoms with van der Waals surface area (Å²) in [6, 6.07) is 9.65. The van der Waals surface area contributed by atoms with Crippen molar-refractivity contribution in [3.8, 4) is 0 Å². The number of methoxy groups -OCH3 is 1. The van der Waals surface area contributed by atoms with Gasteiger partial charge in [0.2, 0.25) is 10.0 Å². The molecule has 1 N–H and O–H groups in total. The Labute approximate surface area is 185 Å². The maximum absolute atomic E-state index is 13.5. The SMILES string of the molecule is COCCN1C(=O)C(=O)C(=C(O)c2ccc(S(=O)(=O)N(C)C)cc2)C1c1ccc(F)cc1. The zero-order valence-electron chi connectivity index (χ0n) is 17.8. The Morgan fingerprint density at radius 2 is 1.69 bits per heavy atom. The molecule has 0 spiro atoms. The van der Waals surface area contributed by atoms with Crippen molar-refractivity contribution >= 4 is 27.5 Å². The molecule has 1 amide bonds. The maximum Gasteiger partial charge on any atom is 0.295 e. The van der Waals surface area contributed by atoms with Crippen molar-refractivity contribution < 1.29 is 32.2 Å². The molecule has 0 saturated carbocycles. The summed E-state index contributed by atoms with van der Waals surface area (Å²) in [7, 11) is 0.566. The van der Waals surface area contributed by atoms with Gasteiger partial charge in [-0.25, -0.2) is 17.1 Å². The van der Waals surface area contributed by atoms with Crippen molar-refractivity contribution in [1.29, 1.82) is 0 Å². The van der Waals surface area contributed by atoms with Crippen LogP contribution in [0.3, 0.4) is 0 Å². The average molecular weight is 462 g/mol. The third-order valence-electron chi connectivity index (χ3n) is 5.17. The molecule has 2 aromatic carbocycles. The van der Waals surface area contributed by atoms with Crippen LogP contribution in [0.25, 0.3) is 5.76 Å². The summed E-state index contributed by atoms with van der Waals surface area (Å²) in [6.07, 6.45) is 0. The quantitative estimate of drug-likeness (QED) is 0.384. The number of carbonyl (C=O) groups excluding carboxylic acids is 2. The minimum atomic E-state index is -3.68. The Hall–Kier alpha value is -3.08. The molecule has 1 aliphatic heterocycles. The molecular formula is C22H23FN2O6S. The summed E-state index contributed by atoms with van der Waals surface area (Å²) in [5, 5.41) is 11.0. The molecule has 10 heteroatoms. The van der Waals surface area contributed by atoms with Crippen LogP contribution in [0.1, 0.15) is 17.2 Å². The van der Waals surface area contributed by atoms with E-state index in [-0.39, 0.29) is 29.2 Å². The number of carbonyl (C=O) groups is 2. The van der Waals surface area contributed by atoms with Gasteiger partial charge < -0.3 is 14.7 Å². The summed E-state index contributed by atoms with van der Waals surface area (Å²) < 4.78 is 44.1. The van der Waals surface area contributed by atoms with Crippen molar-refractivity contribution in [2.75, 3.05) is 34.4 Å². The van der Waals surface area contributed by atoms with Crippen LogP contribution < -0.4 is 0 Å². The second kappa shape index (κ2) is 9.19. The van der Waals surface area contributed by atoms with Gasteiger partial charge in [0.15, 0.2) is 0 Å². The third kappa shape index (κ3) is 4.29. The normalized spacial score (nSPS) is 18.5. The minimum Gasteiger partial charge on any atom is -0.507 e. The molecule has 1 saturated heterocycles. The van der Waals surface area contributed by atoms with Crippen molar-refractivity contribution in [1.82, 2.24) is 9.21 Å². The predicted molar refractivity (Wildman–Crippen MR) is 115 cm³/mol. The zero-order chi connectivity index (χ0) is 23.6. The Balaban J connectivity index is 2.11. The second-order valence-electron chi connectivity index (χ2n) is 7.35. The van der Waals surface area contributed by atoms with Gasteiger partial charge in [-0.3, -0.25) is 9.59 Å². The van der Waals surface area contributed by atoms with Gasteiger partial charge in [0.1, 0.15) is 11.6 Å². The monoisotopic (exact) mass is 462 g/mol. The lowest BCUT2D eigenvalue weighted by Gasteiger charge is -2.25. The molecule has 0 aromatic heterocycles. The Morgan fingerprint density at radius 1 is 1.09 bits per heavy atom. The third-order valence-corrected chi connectivity index (χ3v) is 7.00. The number of hydrogen-bond acceptors (Lipinski definition) is 6. The molecule has 1 fully saturated rings. The van der Waals surface area contributed by atoms with Crippen LogP contribution in [0.2, 0.25) is 0 Å². The van der Waals surface area contributed by atoms with Crippen molar-refractivity contribution in [2.45, 2.75) is 10.9 Å². The highest BCUT2D eigenvalue weighted by molar-refractivity contribution is 7.89. The smallest absolute Gasteiger partial charge is 0.295 e. The summed E-state index contributed by atoms with van der Waals surface area (Å²) in [5.41, 5.74) is 0.440. The summed E-state index contributed by atoms with van der Waals surface area (Å²) >= 11 is 0. The van der Waals surface area contributed by atoms with Gasteiger partial charge in [0, 0.05) is 33.3 Å². The lowest BCUT2D eigenvalue weighted by Crippen LogP contribution is -2.32. The van der Waals surface area contributed by atoms with Crippen LogP contribution in [0.4, 0.5) is 4.39 Å². The molecule has 1 unspecified atom stereocenters. The van der Waals surface area contributed by atoms with E-state index in [4.69, 9.17) is 4.74 Å². The first-order chi connectivity index (χ1) is 15.1. The highest BCUT2D eigenvalue weighted by atomic mass is 32.2. The number of aliphatic hydroxyl groups excluding tert-OH is 1. The largest absolute Gasteiger partial charge is 0.507 e. The topological polar surface area (TPSA) is 104 Å². The van der Waals surface area contributed by atoms with Gasteiger partial charge in [0.05, 0.1) is 23.1 Å². The van der Waals surface area contributed by atoms with E-state index >= 15 is 0 Å². The van der Waals surface area contributed by atoms with Crippen LogP contribution in [0.5, 0.6) is 0 Å². The molecule has 0 aliphatic carbocycles.